The van der Waals surface area contributed by atoms with E-state index in [1.807, 2.05) is 38.1 Å². The molecule has 1 unspecified atom stereocenters. The lowest BCUT2D eigenvalue weighted by Gasteiger charge is -2.22. The molecule has 0 aromatic heterocycles. The van der Waals surface area contributed by atoms with E-state index in [0.29, 0.717) is 13.1 Å². The second-order valence-corrected chi connectivity index (χ2v) is 5.69. The molecule has 6 heteroatoms. The van der Waals surface area contributed by atoms with E-state index >= 15 is 0 Å². The van der Waals surface area contributed by atoms with E-state index in [1.54, 1.807) is 7.11 Å². The zero-order chi connectivity index (χ0) is 16.7. The third-order valence-corrected chi connectivity index (χ3v) is 3.69. The molecule has 2 atom stereocenters. The maximum atomic E-state index is 9.67. The number of hydrogen-bond acceptors (Lipinski definition) is 4. The first kappa shape index (κ1) is 17.4. The van der Waals surface area contributed by atoms with Crippen LogP contribution < -0.4 is 14.8 Å². The molecule has 0 spiro atoms. The Bertz CT molecular complexity index is 504. The Hall–Kier alpha value is -1.95. The fourth-order valence-electron chi connectivity index (χ4n) is 2.50. The molecule has 23 heavy (non-hydrogen) atoms. The number of methoxy groups -OCH3 is 1. The van der Waals surface area contributed by atoms with Gasteiger partial charge in [0.15, 0.2) is 5.96 Å². The third kappa shape index (κ3) is 5.32. The van der Waals surface area contributed by atoms with Crippen LogP contribution in [0, 0.1) is 0 Å². The van der Waals surface area contributed by atoms with Crippen molar-refractivity contribution in [3.05, 3.63) is 24.3 Å². The summed E-state index contributed by atoms with van der Waals surface area (Å²) < 4.78 is 11.0. The van der Waals surface area contributed by atoms with Crippen LogP contribution in [0.15, 0.2) is 29.3 Å². The van der Waals surface area contributed by atoms with Crippen LogP contribution in [0.5, 0.6) is 11.5 Å². The predicted octanol–water partition coefficient (Wildman–Crippen LogP) is 1.49. The molecular weight excluding hydrogens is 294 g/mol. The number of benzene rings is 1. The number of aliphatic imine (C=N–C) groups is 1. The molecule has 0 bridgehead atoms. The molecule has 1 aromatic rings. The highest BCUT2D eigenvalue weighted by Crippen LogP contribution is 2.18. The van der Waals surface area contributed by atoms with E-state index in [1.165, 1.54) is 0 Å². The molecule has 6 nitrogen and oxygen atoms in total. The number of aliphatic hydroxyl groups is 1. The van der Waals surface area contributed by atoms with E-state index in [2.05, 4.69) is 15.2 Å². The fourth-order valence-corrected chi connectivity index (χ4v) is 2.50. The molecule has 0 radical (unpaired) electrons. The van der Waals surface area contributed by atoms with Crippen LogP contribution >= 0.6 is 0 Å². The van der Waals surface area contributed by atoms with Gasteiger partial charge in [-0.3, -0.25) is 0 Å². The van der Waals surface area contributed by atoms with Gasteiger partial charge in [0.25, 0.3) is 0 Å². The molecule has 1 aliphatic rings. The molecule has 1 aromatic carbocycles. The molecule has 128 valence electrons. The summed E-state index contributed by atoms with van der Waals surface area (Å²) in [6.07, 6.45) is 0.499. The summed E-state index contributed by atoms with van der Waals surface area (Å²) in [5.41, 5.74) is 0. The first-order chi connectivity index (χ1) is 11.1. The summed E-state index contributed by atoms with van der Waals surface area (Å²) in [6, 6.07) is 7.53. The Labute approximate surface area is 138 Å². The summed E-state index contributed by atoms with van der Waals surface area (Å²) in [6.45, 7) is 6.87. The van der Waals surface area contributed by atoms with Crippen molar-refractivity contribution in [3.8, 4) is 11.5 Å². The lowest BCUT2D eigenvalue weighted by molar-refractivity contribution is 0.187. The van der Waals surface area contributed by atoms with Crippen LogP contribution in [-0.4, -0.2) is 61.5 Å². The molecule has 2 N–H and O–H groups in total. The van der Waals surface area contributed by atoms with Crippen molar-refractivity contribution in [2.24, 2.45) is 4.99 Å². The fraction of sp³-hybridized carbons (Fsp3) is 0.588. The van der Waals surface area contributed by atoms with Crippen LogP contribution in [0.25, 0.3) is 0 Å². The number of hydrogen-bond donors (Lipinski definition) is 2. The van der Waals surface area contributed by atoms with Gasteiger partial charge in [-0.05, 0) is 44.5 Å². The van der Waals surface area contributed by atoms with Crippen LogP contribution in [0.3, 0.4) is 0 Å². The topological polar surface area (TPSA) is 66.3 Å². The molecule has 0 amide bonds. The SMILES string of the molecule is CCNC(=NCC(C)Oc1ccc(OC)cc1)N1CC[C@@H](O)C1. The number of likely N-dealkylation sites (tertiary alicyclic amines) is 1. The molecule has 1 heterocycles. The minimum absolute atomic E-state index is 0.0374. The minimum atomic E-state index is -0.258. The van der Waals surface area contributed by atoms with Crippen molar-refractivity contribution in [3.63, 3.8) is 0 Å². The Balaban J connectivity index is 1.89. The monoisotopic (exact) mass is 321 g/mol. The first-order valence-electron chi connectivity index (χ1n) is 8.14. The Morgan fingerprint density at radius 2 is 2.09 bits per heavy atom. The number of ether oxygens (including phenoxy) is 2. The number of nitrogens with one attached hydrogen (secondary N) is 1. The van der Waals surface area contributed by atoms with Gasteiger partial charge in [-0.2, -0.15) is 0 Å². The lowest BCUT2D eigenvalue weighted by atomic mass is 10.3. The van der Waals surface area contributed by atoms with Gasteiger partial charge in [0.1, 0.15) is 17.6 Å². The standard InChI is InChI=1S/C17H27N3O3/c1-4-18-17(20-10-9-14(21)12-20)19-11-13(2)23-16-7-5-15(22-3)6-8-16/h5-8,13-14,21H,4,9-12H2,1-3H3,(H,18,19)/t13?,14-/m1/s1. The number of aliphatic hydroxyl groups excluding tert-OH is 1. The van der Waals surface area contributed by atoms with Gasteiger partial charge in [0.2, 0.25) is 0 Å². The molecule has 1 saturated heterocycles. The van der Waals surface area contributed by atoms with E-state index in [4.69, 9.17) is 9.47 Å². The molecule has 1 aliphatic heterocycles. The maximum absolute atomic E-state index is 9.67. The molecule has 0 aliphatic carbocycles. The zero-order valence-electron chi connectivity index (χ0n) is 14.2. The Morgan fingerprint density at radius 1 is 1.39 bits per heavy atom. The minimum Gasteiger partial charge on any atom is -0.497 e. The van der Waals surface area contributed by atoms with E-state index in [0.717, 1.165) is 37.0 Å². The molecule has 1 fully saturated rings. The van der Waals surface area contributed by atoms with E-state index in [9.17, 15) is 5.11 Å². The zero-order valence-corrected chi connectivity index (χ0v) is 14.2. The highest BCUT2D eigenvalue weighted by atomic mass is 16.5. The highest BCUT2D eigenvalue weighted by Gasteiger charge is 2.22. The van der Waals surface area contributed by atoms with Crippen molar-refractivity contribution < 1.29 is 14.6 Å². The second kappa shape index (κ2) is 8.62. The summed E-state index contributed by atoms with van der Waals surface area (Å²) in [5, 5.41) is 12.9. The van der Waals surface area contributed by atoms with Gasteiger partial charge in [-0.1, -0.05) is 0 Å². The molecule has 0 saturated carbocycles. The van der Waals surface area contributed by atoms with E-state index in [-0.39, 0.29) is 12.2 Å². The number of rotatable bonds is 6. The maximum Gasteiger partial charge on any atom is 0.194 e. The number of β-amino-alcohol motifs (C(OH)–C–C–N with tert-alkyl or cyclic N) is 1. The van der Waals surface area contributed by atoms with Crippen LogP contribution in [0.4, 0.5) is 0 Å². The Kier molecular flexibility index (Phi) is 6.52. The number of nitrogens with zero attached hydrogens (tertiary/aromatic N) is 2. The quantitative estimate of drug-likeness (QED) is 0.614. The van der Waals surface area contributed by atoms with Gasteiger partial charge in [0.05, 0.1) is 19.8 Å². The van der Waals surface area contributed by atoms with Crippen LogP contribution in [0.2, 0.25) is 0 Å². The van der Waals surface area contributed by atoms with Crippen LogP contribution in [0.1, 0.15) is 20.3 Å². The number of guanidine groups is 1. The van der Waals surface area contributed by atoms with Crippen molar-refractivity contribution in [1.82, 2.24) is 10.2 Å². The van der Waals surface area contributed by atoms with Crippen molar-refractivity contribution in [2.45, 2.75) is 32.5 Å². The molecule has 2 rings (SSSR count). The largest absolute Gasteiger partial charge is 0.497 e. The average Bonchev–Trinajstić information content (AvgIpc) is 2.98. The van der Waals surface area contributed by atoms with Gasteiger partial charge >= 0.3 is 0 Å². The molecular formula is C17H27N3O3. The van der Waals surface area contributed by atoms with E-state index < -0.39 is 0 Å². The smallest absolute Gasteiger partial charge is 0.194 e. The van der Waals surface area contributed by atoms with Crippen molar-refractivity contribution in [1.29, 1.82) is 0 Å². The van der Waals surface area contributed by atoms with Crippen LogP contribution in [-0.2, 0) is 0 Å². The van der Waals surface area contributed by atoms with Crippen molar-refractivity contribution in [2.75, 3.05) is 33.3 Å². The predicted molar refractivity (Wildman–Crippen MR) is 91.3 cm³/mol. The average molecular weight is 321 g/mol. The van der Waals surface area contributed by atoms with Crippen molar-refractivity contribution >= 4 is 5.96 Å². The normalized spacial score (nSPS) is 19.6. The summed E-state index contributed by atoms with van der Waals surface area (Å²) >= 11 is 0. The lowest BCUT2D eigenvalue weighted by Crippen LogP contribution is -2.41. The highest BCUT2D eigenvalue weighted by molar-refractivity contribution is 5.80. The van der Waals surface area contributed by atoms with Gasteiger partial charge in [-0.25, -0.2) is 4.99 Å². The van der Waals surface area contributed by atoms with Gasteiger partial charge in [0, 0.05) is 19.6 Å². The Morgan fingerprint density at radius 3 is 2.65 bits per heavy atom. The first-order valence-corrected chi connectivity index (χ1v) is 8.14. The summed E-state index contributed by atoms with van der Waals surface area (Å²) in [7, 11) is 1.64. The summed E-state index contributed by atoms with van der Waals surface area (Å²) in [5.74, 6) is 2.45. The van der Waals surface area contributed by atoms with Gasteiger partial charge in [-0.15, -0.1) is 0 Å². The second-order valence-electron chi connectivity index (χ2n) is 5.69. The summed E-state index contributed by atoms with van der Waals surface area (Å²) in [4.78, 5) is 6.72. The van der Waals surface area contributed by atoms with Gasteiger partial charge < -0.3 is 24.8 Å². The third-order valence-electron chi connectivity index (χ3n) is 3.69.